The molecule has 10 atom stereocenters. The van der Waals surface area contributed by atoms with E-state index < -0.39 is 67.0 Å². The summed E-state index contributed by atoms with van der Waals surface area (Å²) < 4.78 is 43.7. The van der Waals surface area contributed by atoms with Crippen molar-refractivity contribution >= 4 is 5.97 Å². The van der Waals surface area contributed by atoms with Crippen LogP contribution in [0.1, 0.15) is 30.5 Å². The highest BCUT2D eigenvalue weighted by molar-refractivity contribution is 5.65. The lowest BCUT2D eigenvalue weighted by atomic mass is 9.91. The molecule has 5 rings (SSSR count). The Morgan fingerprint density at radius 1 is 0.642 bits per heavy atom. The number of carbonyl (C=O) groups is 1. The van der Waals surface area contributed by atoms with E-state index in [1.165, 1.54) is 6.92 Å². The van der Waals surface area contributed by atoms with Gasteiger partial charge in [-0.1, -0.05) is 106 Å². The van der Waals surface area contributed by atoms with E-state index >= 15 is 0 Å². The highest BCUT2D eigenvalue weighted by atomic mass is 16.7. The molecule has 1 unspecified atom stereocenters. The summed E-state index contributed by atoms with van der Waals surface area (Å²) >= 11 is 0. The van der Waals surface area contributed by atoms with Crippen LogP contribution >= 0.6 is 0 Å². The first-order valence-electron chi connectivity index (χ1n) is 17.1. The molecule has 0 bridgehead atoms. The van der Waals surface area contributed by atoms with Crippen molar-refractivity contribution in [1.29, 1.82) is 0 Å². The fraction of sp³-hybridized carbons (Fsp3) is 0.472. The fourth-order valence-corrected chi connectivity index (χ4v) is 6.30. The number of hydrogen-bond donors (Lipinski definition) is 0. The Morgan fingerprint density at radius 2 is 1.15 bits per heavy atom. The summed E-state index contributed by atoms with van der Waals surface area (Å²) in [4.78, 5) is 20.8. The Bertz CT molecular complexity index is 1740. The zero-order valence-electron chi connectivity index (χ0n) is 29.3. The van der Waals surface area contributed by atoms with Crippen molar-refractivity contribution in [1.82, 2.24) is 0 Å². The molecule has 2 aliphatic heterocycles. The fourth-order valence-electron chi connectivity index (χ4n) is 6.30. The maximum atomic E-state index is 11.7. The van der Waals surface area contributed by atoms with Crippen LogP contribution in [0.25, 0.3) is 31.3 Å². The Labute approximate surface area is 305 Å². The van der Waals surface area contributed by atoms with Crippen LogP contribution in [0.5, 0.6) is 0 Å². The molecule has 0 radical (unpaired) electrons. The van der Waals surface area contributed by atoms with Gasteiger partial charge in [0.1, 0.15) is 37.1 Å². The summed E-state index contributed by atoms with van der Waals surface area (Å²) in [5, 5.41) is 11.9. The highest BCUT2D eigenvalue weighted by Crippen LogP contribution is 2.36. The number of azide groups is 3. The van der Waals surface area contributed by atoms with Gasteiger partial charge < -0.3 is 33.2 Å². The minimum absolute atomic E-state index is 0.0151. The van der Waals surface area contributed by atoms with E-state index in [9.17, 15) is 21.4 Å². The van der Waals surface area contributed by atoms with E-state index in [4.69, 9.17) is 33.2 Å². The average molecular weight is 728 g/mol. The van der Waals surface area contributed by atoms with Crippen molar-refractivity contribution in [2.24, 2.45) is 15.3 Å². The van der Waals surface area contributed by atoms with Crippen molar-refractivity contribution in [3.05, 3.63) is 139 Å². The van der Waals surface area contributed by atoms with E-state index in [2.05, 4.69) is 30.1 Å². The molecule has 2 saturated heterocycles. The van der Waals surface area contributed by atoms with Crippen LogP contribution in [-0.2, 0) is 57.8 Å². The average Bonchev–Trinajstić information content (AvgIpc) is 3.17. The van der Waals surface area contributed by atoms with Gasteiger partial charge in [-0.25, -0.2) is 0 Å². The molecule has 17 heteroatoms. The smallest absolute Gasteiger partial charge is 0.302 e. The number of nitrogens with zero attached hydrogens (tertiary/aromatic N) is 9. The van der Waals surface area contributed by atoms with E-state index in [1.54, 1.807) is 6.92 Å². The van der Waals surface area contributed by atoms with Crippen LogP contribution in [0.15, 0.2) is 106 Å². The number of carbonyl (C=O) groups excluding carboxylic acids is 1. The molecule has 2 aliphatic rings. The Morgan fingerprint density at radius 3 is 1.70 bits per heavy atom. The number of ether oxygens (including phenoxy) is 7. The van der Waals surface area contributed by atoms with Gasteiger partial charge in [0.25, 0.3) is 0 Å². The van der Waals surface area contributed by atoms with Gasteiger partial charge in [-0.15, -0.1) is 0 Å². The quantitative estimate of drug-likeness (QED) is 0.0615. The van der Waals surface area contributed by atoms with Gasteiger partial charge >= 0.3 is 5.97 Å². The molecule has 0 aromatic heterocycles. The lowest BCUT2D eigenvalue weighted by molar-refractivity contribution is -0.306. The lowest BCUT2D eigenvalue weighted by Gasteiger charge is -2.48. The Kier molecular flexibility index (Phi) is 14.9. The third-order valence-corrected chi connectivity index (χ3v) is 8.80. The van der Waals surface area contributed by atoms with Gasteiger partial charge in [-0.2, -0.15) is 0 Å². The van der Waals surface area contributed by atoms with Crippen molar-refractivity contribution in [3.63, 3.8) is 0 Å². The third kappa shape index (κ3) is 10.9. The lowest BCUT2D eigenvalue weighted by Crippen LogP contribution is -2.64. The first-order chi connectivity index (χ1) is 25.9. The molecular weight excluding hydrogens is 686 g/mol. The topological polar surface area (TPSA) is 228 Å². The van der Waals surface area contributed by atoms with Crippen LogP contribution in [0.4, 0.5) is 0 Å². The molecule has 3 aromatic rings. The number of esters is 1. The second-order valence-electron chi connectivity index (χ2n) is 12.4. The van der Waals surface area contributed by atoms with E-state index in [0.717, 1.165) is 16.7 Å². The molecule has 53 heavy (non-hydrogen) atoms. The van der Waals surface area contributed by atoms with Crippen LogP contribution in [-0.4, -0.2) is 80.2 Å². The molecule has 0 saturated carbocycles. The van der Waals surface area contributed by atoms with Gasteiger partial charge in [0, 0.05) is 21.7 Å². The maximum absolute atomic E-state index is 11.7. The standard InChI is InChI=1S/C36H41N9O8/c1-23-30(40-43-37)34(31(41-44-38)28(51-23)22-48-24(2)46)53-36-32(42-45-39)35(50-20-27-16-10-5-11-17-27)33(49-19-26-14-8-4-9-15-26)29(52-36)21-47-18-25-12-6-3-7-13-25/h3-17,23,28-36H,18-22H2,1-2H3/t23-,28+,29+,30-,31+,32+,33+,34+,35+,36?/m0/s1. The molecular formula is C36H41N9O8. The monoisotopic (exact) mass is 727 g/mol. The first kappa shape index (κ1) is 39.0. The summed E-state index contributed by atoms with van der Waals surface area (Å²) in [5.41, 5.74) is 31.7. The summed E-state index contributed by atoms with van der Waals surface area (Å²) in [6.07, 6.45) is -6.93. The zero-order valence-corrected chi connectivity index (χ0v) is 29.3. The third-order valence-electron chi connectivity index (χ3n) is 8.80. The van der Waals surface area contributed by atoms with Crippen molar-refractivity contribution in [3.8, 4) is 0 Å². The molecule has 2 heterocycles. The van der Waals surface area contributed by atoms with Gasteiger partial charge in [0.15, 0.2) is 6.29 Å². The SMILES string of the molecule is CC(=O)OC[C@H]1O[C@@H](C)[C@H](N=[N+]=[N-])[C@@H](OC2O[C@H](COCc3ccccc3)[C@@H](OCc3ccccc3)[C@H](OCc3ccccc3)[C@H]2N=[N+]=[N-])[C@@H]1N=[N+]=[N-]. The molecule has 0 aliphatic carbocycles. The van der Waals surface area contributed by atoms with Crippen LogP contribution in [0.3, 0.4) is 0 Å². The molecule has 0 amide bonds. The minimum atomic E-state index is -1.36. The van der Waals surface area contributed by atoms with Crippen molar-refractivity contribution < 1.29 is 38.0 Å². The summed E-state index contributed by atoms with van der Waals surface area (Å²) in [5.74, 6) is -0.576. The van der Waals surface area contributed by atoms with Crippen molar-refractivity contribution in [2.75, 3.05) is 13.2 Å². The summed E-state index contributed by atoms with van der Waals surface area (Å²) in [6, 6.07) is 25.2. The molecule has 17 nitrogen and oxygen atoms in total. The van der Waals surface area contributed by atoms with Crippen LogP contribution in [0.2, 0.25) is 0 Å². The second kappa shape index (κ2) is 20.2. The second-order valence-corrected chi connectivity index (χ2v) is 12.4. The normalized spacial score (nSPS) is 28.0. The van der Waals surface area contributed by atoms with Crippen molar-refractivity contribution in [2.45, 2.75) is 94.7 Å². The number of benzene rings is 3. The minimum Gasteiger partial charge on any atom is -0.463 e. The number of rotatable bonds is 17. The maximum Gasteiger partial charge on any atom is 0.302 e. The summed E-state index contributed by atoms with van der Waals surface area (Å²) in [7, 11) is 0. The molecule has 0 N–H and O–H groups in total. The largest absolute Gasteiger partial charge is 0.463 e. The zero-order chi connectivity index (χ0) is 37.4. The van der Waals surface area contributed by atoms with Gasteiger partial charge in [0.2, 0.25) is 0 Å². The van der Waals surface area contributed by atoms with Gasteiger partial charge in [0.05, 0.1) is 50.7 Å². The van der Waals surface area contributed by atoms with Gasteiger partial charge in [-0.05, 0) is 40.2 Å². The van der Waals surface area contributed by atoms with Crippen LogP contribution in [0, 0.1) is 0 Å². The first-order valence-corrected chi connectivity index (χ1v) is 17.1. The van der Waals surface area contributed by atoms with E-state index in [0.29, 0.717) is 0 Å². The molecule has 278 valence electrons. The predicted octanol–water partition coefficient (Wildman–Crippen LogP) is 6.87. The Hall–Kier alpha value is -5.18. The van der Waals surface area contributed by atoms with E-state index in [-0.39, 0.29) is 33.0 Å². The van der Waals surface area contributed by atoms with Crippen LogP contribution < -0.4 is 0 Å². The summed E-state index contributed by atoms with van der Waals surface area (Å²) in [6.45, 7) is 3.19. The highest BCUT2D eigenvalue weighted by Gasteiger charge is 2.52. The predicted molar refractivity (Wildman–Crippen MR) is 189 cm³/mol. The molecule has 0 spiro atoms. The van der Waals surface area contributed by atoms with E-state index in [1.807, 2.05) is 91.0 Å². The van der Waals surface area contributed by atoms with Gasteiger partial charge in [-0.3, -0.25) is 4.79 Å². The number of hydrogen-bond acceptors (Lipinski definition) is 11. The molecule has 2 fully saturated rings. The molecule has 3 aromatic carbocycles. The Balaban J connectivity index is 1.52.